The molecule has 11 heteroatoms. The minimum Gasteiger partial charge on any atom is -0.414 e. The van der Waals surface area contributed by atoms with Gasteiger partial charge in [-0.15, -0.1) is 0 Å². The summed E-state index contributed by atoms with van der Waals surface area (Å²) < 4.78 is 26.9. The van der Waals surface area contributed by atoms with E-state index in [1.54, 1.807) is 23.1 Å². The Morgan fingerprint density at radius 2 is 2.00 bits per heavy atom. The largest absolute Gasteiger partial charge is 0.414 e. The molecule has 0 N–H and O–H groups in total. The van der Waals surface area contributed by atoms with Gasteiger partial charge in [-0.25, -0.2) is 9.67 Å². The van der Waals surface area contributed by atoms with Gasteiger partial charge in [0.2, 0.25) is 0 Å². The zero-order chi connectivity index (χ0) is 22.6. The Hall–Kier alpha value is -2.01. The first-order chi connectivity index (χ1) is 14.4. The molecule has 168 valence electrons. The van der Waals surface area contributed by atoms with Crippen molar-refractivity contribution in [2.24, 2.45) is 5.11 Å². The predicted molar refractivity (Wildman–Crippen MR) is 117 cm³/mol. The molecule has 4 heterocycles. The molecule has 10 nitrogen and oxygen atoms in total. The van der Waals surface area contributed by atoms with Crippen molar-refractivity contribution in [3.05, 3.63) is 28.9 Å². The number of hydrogen-bond donors (Lipinski definition) is 0. The number of aromatic nitrogens is 3. The van der Waals surface area contributed by atoms with E-state index in [1.165, 1.54) is 0 Å². The molecule has 2 aliphatic heterocycles. The highest BCUT2D eigenvalue weighted by atomic mass is 28.4. The fraction of sp³-hybridized carbons (Fsp3) is 0.700. The van der Waals surface area contributed by atoms with Gasteiger partial charge in [-0.3, -0.25) is 0 Å². The highest BCUT2D eigenvalue weighted by Crippen LogP contribution is 2.45. The molecule has 2 saturated heterocycles. The van der Waals surface area contributed by atoms with Gasteiger partial charge in [0.1, 0.15) is 18.3 Å². The van der Waals surface area contributed by atoms with Crippen LogP contribution in [0.4, 0.5) is 5.69 Å². The van der Waals surface area contributed by atoms with Gasteiger partial charge in [0.15, 0.2) is 26.0 Å². The molecule has 4 rings (SSSR count). The van der Waals surface area contributed by atoms with Crippen molar-refractivity contribution >= 4 is 25.0 Å². The lowest BCUT2D eigenvalue weighted by Gasteiger charge is -2.37. The van der Waals surface area contributed by atoms with Crippen LogP contribution in [0.5, 0.6) is 0 Å². The van der Waals surface area contributed by atoms with E-state index in [4.69, 9.17) is 24.2 Å². The molecular weight excluding hydrogens is 416 g/mol. The van der Waals surface area contributed by atoms with Gasteiger partial charge in [-0.05, 0) is 43.6 Å². The predicted octanol–water partition coefficient (Wildman–Crippen LogP) is 4.81. The highest BCUT2D eigenvalue weighted by Gasteiger charge is 2.57. The molecule has 2 aromatic rings. The maximum Gasteiger partial charge on any atom is 0.192 e. The van der Waals surface area contributed by atoms with Crippen molar-refractivity contribution in [3.63, 3.8) is 0 Å². The SMILES string of the molecule is CC1(C)O[C@@H]2[C@H](O1)[C@@H](CO[Si](C)(C)C(C)(C)C)O[C@H]2n1ncc2c(N=[N+]=[N-])ccnc21. The second-order valence-corrected chi connectivity index (χ2v) is 14.9. The van der Waals surface area contributed by atoms with E-state index >= 15 is 0 Å². The number of nitrogens with zero attached hydrogens (tertiary/aromatic N) is 6. The summed E-state index contributed by atoms with van der Waals surface area (Å²) in [5, 5.41) is 8.97. The molecule has 0 saturated carbocycles. The summed E-state index contributed by atoms with van der Waals surface area (Å²) in [6.45, 7) is 15.3. The van der Waals surface area contributed by atoms with Crippen LogP contribution in [0.2, 0.25) is 18.1 Å². The number of rotatable bonds is 5. The second-order valence-electron chi connectivity index (χ2n) is 10.0. The third-order valence-corrected chi connectivity index (χ3v) is 10.9. The number of pyridine rings is 1. The lowest BCUT2D eigenvalue weighted by atomic mass is 10.1. The maximum atomic E-state index is 8.83. The first kappa shape index (κ1) is 22.2. The zero-order valence-electron chi connectivity index (χ0n) is 19.1. The third-order valence-electron chi connectivity index (χ3n) is 6.41. The fourth-order valence-corrected chi connectivity index (χ4v) is 4.77. The third kappa shape index (κ3) is 3.97. The first-order valence-corrected chi connectivity index (χ1v) is 13.4. The smallest absolute Gasteiger partial charge is 0.192 e. The van der Waals surface area contributed by atoms with Crippen molar-refractivity contribution in [3.8, 4) is 0 Å². The zero-order valence-corrected chi connectivity index (χ0v) is 20.1. The highest BCUT2D eigenvalue weighted by molar-refractivity contribution is 6.74. The first-order valence-electron chi connectivity index (χ1n) is 10.5. The number of hydrogen-bond acceptors (Lipinski definition) is 7. The van der Waals surface area contributed by atoms with Gasteiger partial charge in [-0.1, -0.05) is 25.9 Å². The molecular formula is C20H30N6O4Si. The number of ether oxygens (including phenoxy) is 3. The van der Waals surface area contributed by atoms with E-state index in [0.717, 1.165) is 0 Å². The van der Waals surface area contributed by atoms with Gasteiger partial charge >= 0.3 is 0 Å². The molecule has 2 aromatic heterocycles. The molecule has 2 aliphatic rings. The van der Waals surface area contributed by atoms with Crippen molar-refractivity contribution in [2.75, 3.05) is 6.61 Å². The Morgan fingerprint density at radius 3 is 2.68 bits per heavy atom. The molecule has 2 fully saturated rings. The van der Waals surface area contributed by atoms with Crippen LogP contribution >= 0.6 is 0 Å². The van der Waals surface area contributed by atoms with E-state index < -0.39 is 20.3 Å². The Bertz CT molecular complexity index is 1030. The Morgan fingerprint density at radius 1 is 1.29 bits per heavy atom. The van der Waals surface area contributed by atoms with Crippen molar-refractivity contribution in [2.45, 2.75) is 83.1 Å². The van der Waals surface area contributed by atoms with Gasteiger partial charge in [-0.2, -0.15) is 5.10 Å². The molecule has 31 heavy (non-hydrogen) atoms. The lowest BCUT2D eigenvalue weighted by Crippen LogP contribution is -2.44. The Labute approximate surface area is 182 Å². The number of fused-ring (bicyclic) bond motifs is 2. The van der Waals surface area contributed by atoms with Crippen LogP contribution in [-0.4, -0.2) is 53.8 Å². The molecule has 0 bridgehead atoms. The fourth-order valence-electron chi connectivity index (χ4n) is 3.75. The van der Waals surface area contributed by atoms with Gasteiger partial charge in [0.05, 0.1) is 18.5 Å². The van der Waals surface area contributed by atoms with Crippen LogP contribution in [0.1, 0.15) is 40.8 Å². The minimum absolute atomic E-state index is 0.0937. The standard InChI is InChI=1S/C20H30N6O4Si/c1-19(2,3)31(6,7)27-11-14-15-16(30-20(4,5)29-15)18(28-14)26-17-12(10-23-26)13(24-25-21)8-9-22-17/h8-10,14-16,18H,11H2,1-7H3/t14-,15-,16-,18-/m1/s1. The van der Waals surface area contributed by atoms with E-state index in [-0.39, 0.29) is 23.4 Å². The summed E-state index contributed by atoms with van der Waals surface area (Å²) in [6, 6.07) is 1.65. The Balaban J connectivity index is 1.64. The normalized spacial score (nSPS) is 28.0. The van der Waals surface area contributed by atoms with E-state index in [2.05, 4.69) is 54.0 Å². The summed E-state index contributed by atoms with van der Waals surface area (Å²) in [6.07, 6.45) is 1.73. The molecule has 0 aliphatic carbocycles. The summed E-state index contributed by atoms with van der Waals surface area (Å²) in [7, 11) is -1.96. The summed E-state index contributed by atoms with van der Waals surface area (Å²) in [5.41, 5.74) is 9.86. The molecule has 0 amide bonds. The van der Waals surface area contributed by atoms with Crippen molar-refractivity contribution < 1.29 is 18.6 Å². The van der Waals surface area contributed by atoms with Crippen LogP contribution < -0.4 is 0 Å². The number of azide groups is 1. The molecule has 0 unspecified atom stereocenters. The average Bonchev–Trinajstić information content (AvgIpc) is 3.31. The monoisotopic (exact) mass is 446 g/mol. The second kappa shape index (κ2) is 7.54. The Kier molecular flexibility index (Phi) is 5.40. The van der Waals surface area contributed by atoms with E-state index in [0.29, 0.717) is 23.3 Å². The topological polar surface area (TPSA) is 116 Å². The summed E-state index contributed by atoms with van der Waals surface area (Å²) in [4.78, 5) is 7.32. The molecule has 0 spiro atoms. The van der Waals surface area contributed by atoms with Gasteiger partial charge in [0, 0.05) is 16.5 Å². The van der Waals surface area contributed by atoms with Crippen LogP contribution in [0.15, 0.2) is 23.6 Å². The van der Waals surface area contributed by atoms with Crippen LogP contribution in [0.3, 0.4) is 0 Å². The van der Waals surface area contributed by atoms with Crippen LogP contribution in [-0.2, 0) is 18.6 Å². The summed E-state index contributed by atoms with van der Waals surface area (Å²) >= 11 is 0. The average molecular weight is 447 g/mol. The maximum absolute atomic E-state index is 8.83. The molecule has 4 atom stereocenters. The van der Waals surface area contributed by atoms with E-state index in [1.807, 2.05) is 13.8 Å². The van der Waals surface area contributed by atoms with Gasteiger partial charge in [0.25, 0.3) is 0 Å². The molecule has 0 aromatic carbocycles. The van der Waals surface area contributed by atoms with Crippen LogP contribution in [0.25, 0.3) is 21.5 Å². The minimum atomic E-state index is -1.96. The van der Waals surface area contributed by atoms with Gasteiger partial charge < -0.3 is 18.6 Å². The van der Waals surface area contributed by atoms with Crippen molar-refractivity contribution in [1.82, 2.24) is 14.8 Å². The summed E-state index contributed by atoms with van der Waals surface area (Å²) in [5.74, 6) is -0.737. The lowest BCUT2D eigenvalue weighted by molar-refractivity contribution is -0.200. The quantitative estimate of drug-likeness (QED) is 0.281. The van der Waals surface area contributed by atoms with Crippen LogP contribution in [0, 0.1) is 0 Å². The van der Waals surface area contributed by atoms with Crippen molar-refractivity contribution in [1.29, 1.82) is 0 Å². The van der Waals surface area contributed by atoms with E-state index in [9.17, 15) is 0 Å². The molecule has 0 radical (unpaired) electrons.